The molecule has 19 N–H and O–H groups in total. The Morgan fingerprint density at radius 2 is 0.961 bits per heavy atom. The molecule has 2 heterocycles. The van der Waals surface area contributed by atoms with Crippen molar-refractivity contribution in [3.8, 4) is 23.0 Å². The molecule has 9 amide bonds. The topological polar surface area (TPSA) is 545 Å². The number of esters is 1. The molecule has 548 valence electrons. The van der Waals surface area contributed by atoms with Gasteiger partial charge in [-0.25, -0.2) is 4.79 Å². The molecule has 0 bridgehead atoms. The van der Waals surface area contributed by atoms with Gasteiger partial charge in [0.25, 0.3) is 0 Å². The molecule has 102 heavy (non-hydrogen) atoms. The number of aliphatic hydroxyl groups excluding tert-OH is 1. The van der Waals surface area contributed by atoms with Crippen molar-refractivity contribution in [1.82, 2.24) is 47.9 Å². The molecule has 2 aliphatic heterocycles. The molecular formula is C67H81N11O23S. The van der Waals surface area contributed by atoms with Crippen LogP contribution in [0, 0.1) is 11.8 Å². The summed E-state index contributed by atoms with van der Waals surface area (Å²) in [6.07, 6.45) is -7.51. The minimum absolute atomic E-state index is 0.0182. The first-order valence-electron chi connectivity index (χ1n) is 32.1. The number of thiocarbonyl (C=S) groups is 1. The molecule has 0 radical (unpaired) electrons. The van der Waals surface area contributed by atoms with Crippen molar-refractivity contribution in [2.24, 2.45) is 17.6 Å². The van der Waals surface area contributed by atoms with Gasteiger partial charge in [-0.05, 0) is 105 Å². The van der Waals surface area contributed by atoms with E-state index in [-0.39, 0.29) is 70.5 Å². The predicted octanol–water partition coefficient (Wildman–Crippen LogP) is 0.101. The van der Waals surface area contributed by atoms with Crippen LogP contribution >= 0.6 is 12.2 Å². The van der Waals surface area contributed by atoms with Gasteiger partial charge in [0, 0.05) is 60.2 Å². The maximum atomic E-state index is 14.2. The number of hydrogen-bond acceptors (Lipinski definition) is 20. The Kier molecular flexibility index (Phi) is 28.1. The van der Waals surface area contributed by atoms with Crippen LogP contribution in [0.3, 0.4) is 0 Å². The first kappa shape index (κ1) is 79.5. The summed E-state index contributed by atoms with van der Waals surface area (Å²) in [6, 6.07) is 7.71. The number of anilines is 1. The van der Waals surface area contributed by atoms with Crippen LogP contribution in [0.15, 0.2) is 84.9 Å². The van der Waals surface area contributed by atoms with Gasteiger partial charge in [-0.3, -0.25) is 62.3 Å². The lowest BCUT2D eigenvalue weighted by Gasteiger charge is -2.36. The number of carbonyl (C=O) groups excluding carboxylic acids is 10. The molecule has 0 unspecified atom stereocenters. The zero-order valence-electron chi connectivity index (χ0n) is 55.9. The molecule has 0 fully saturated rings. The van der Waals surface area contributed by atoms with Gasteiger partial charge in [0.1, 0.15) is 71.3 Å². The molecule has 0 aliphatic carbocycles. The number of nitrogens with one attached hydrogen (secondary N) is 10. The number of carboxylic acids is 4. The zero-order chi connectivity index (χ0) is 75.4. The number of aliphatic carboxylic acids is 4. The Morgan fingerprint density at radius 1 is 0.510 bits per heavy atom. The van der Waals surface area contributed by atoms with Crippen molar-refractivity contribution in [3.05, 3.63) is 113 Å². The number of fused-ring (bicyclic) bond motifs is 6. The van der Waals surface area contributed by atoms with Crippen LogP contribution in [0.25, 0.3) is 0 Å². The number of aliphatic hydroxyl groups is 1. The van der Waals surface area contributed by atoms with Crippen LogP contribution < -0.4 is 63.6 Å². The molecule has 0 aromatic heterocycles. The lowest BCUT2D eigenvalue weighted by Crippen LogP contribution is -2.61. The summed E-state index contributed by atoms with van der Waals surface area (Å²) in [5.41, 5.74) is 5.83. The molecule has 2 aliphatic rings. The van der Waals surface area contributed by atoms with Crippen molar-refractivity contribution >= 4 is 106 Å². The van der Waals surface area contributed by atoms with E-state index in [9.17, 15) is 103 Å². The van der Waals surface area contributed by atoms with E-state index >= 15 is 0 Å². The van der Waals surface area contributed by atoms with Crippen LogP contribution in [-0.4, -0.2) is 185 Å². The quantitative estimate of drug-likeness (QED) is 0.0210. The number of benzene rings is 4. The number of primary amides is 1. The number of phenols is 2. The Hall–Kier alpha value is -11.5. The fourth-order valence-corrected chi connectivity index (χ4v) is 11.4. The summed E-state index contributed by atoms with van der Waals surface area (Å²) in [5.74, 6) is -17.6. The Bertz CT molecular complexity index is 3820. The summed E-state index contributed by atoms with van der Waals surface area (Å²) in [5, 5.41) is 93.8. The minimum Gasteiger partial charge on any atom is -0.508 e. The SMILES string of the molecule is CC(C)C[C@H](NC(=O)[C@H](Cc1ccccc1)NC(=O)[C@H](CCC(=O)O)NC(=O)CNC(=O)[C@@H](NC(=O)[C@H](CCC(=O)O)NC(=O)[C@H](CCC(=O)O)NC(=O)[C@H](CC(=O)O)NC(=O)[C@H](CC(C)C)NC(=S)Nc1ccc2c(c1)C(=O)OC21c2ccc(O)cc2Oc2cc(O)ccc21)[C@@H](C)O)C(N)=O. The van der Waals surface area contributed by atoms with Crippen LogP contribution in [0.4, 0.5) is 5.69 Å². The molecule has 1 spiro atoms. The monoisotopic (exact) mass is 1440 g/mol. The first-order valence-corrected chi connectivity index (χ1v) is 32.5. The Balaban J connectivity index is 1.13. The predicted molar refractivity (Wildman–Crippen MR) is 360 cm³/mol. The average molecular weight is 1440 g/mol. The number of hydrogen-bond donors (Lipinski definition) is 18. The number of rotatable bonds is 37. The van der Waals surface area contributed by atoms with Crippen LogP contribution in [0.2, 0.25) is 0 Å². The number of nitrogens with two attached hydrogens (primary N) is 1. The molecule has 4 aromatic rings. The standard InChI is InChI=1S/C67H81N11O23S/c1-31(2)23-45(57(68)91)74-62(96)47(25-34-9-7-6-8-10-34)75-58(92)42(17-20-52(83)84)71-51(82)30-69-64(98)56(33(5)79)78-60(94)44(19-22-54(87)88)72-59(93)43(18-21-53(85)86)73-63(97)48(29-55(89)90)76-61(95)46(24-32(3)4)77-66(102)70-35-11-14-39-38(26-35)65(99)101-67(39)40-15-12-36(80)27-49(40)100-50-28-37(81)13-16-41(50)67/h6-16,26-28,31-33,42-48,56,79-81H,17-25,29-30H2,1-5H3,(H2,68,91)(H,69,98)(H,71,82)(H,72,93)(H,73,97)(H,74,96)(H,75,92)(H,76,95)(H,78,94)(H,83,84)(H,85,86)(H,87,88)(H,89,90)(H2,70,77,102)/t33-,42+,43+,44+,45+,46+,47+,48+,56+/m1/s1. The highest BCUT2D eigenvalue weighted by Gasteiger charge is 2.54. The molecule has 9 atom stereocenters. The number of phenolic OH excluding ortho intramolecular Hbond substituents is 2. The van der Waals surface area contributed by atoms with Gasteiger partial charge in [-0.2, -0.15) is 0 Å². The summed E-state index contributed by atoms with van der Waals surface area (Å²) in [7, 11) is 0. The summed E-state index contributed by atoms with van der Waals surface area (Å²) < 4.78 is 12.1. The maximum Gasteiger partial charge on any atom is 0.340 e. The van der Waals surface area contributed by atoms with E-state index in [0.717, 1.165) is 6.92 Å². The minimum atomic E-state index is -2.02. The van der Waals surface area contributed by atoms with E-state index < -0.39 is 195 Å². The van der Waals surface area contributed by atoms with Crippen molar-refractivity contribution in [2.75, 3.05) is 11.9 Å². The van der Waals surface area contributed by atoms with Crippen molar-refractivity contribution in [3.63, 3.8) is 0 Å². The van der Waals surface area contributed by atoms with Gasteiger partial charge < -0.3 is 104 Å². The third-order valence-electron chi connectivity index (χ3n) is 16.0. The fourth-order valence-electron chi connectivity index (χ4n) is 11.1. The fraction of sp³-hybridized carbons (Fsp3) is 0.418. The van der Waals surface area contributed by atoms with E-state index in [1.54, 1.807) is 70.2 Å². The molecular weight excluding hydrogens is 1360 g/mol. The molecule has 6 rings (SSSR count). The summed E-state index contributed by atoms with van der Waals surface area (Å²) in [4.78, 5) is 185. The van der Waals surface area contributed by atoms with E-state index in [4.69, 9.17) is 27.4 Å². The van der Waals surface area contributed by atoms with Crippen LogP contribution in [0.5, 0.6) is 23.0 Å². The van der Waals surface area contributed by atoms with Crippen molar-refractivity contribution in [2.45, 2.75) is 159 Å². The van der Waals surface area contributed by atoms with Gasteiger partial charge in [-0.1, -0.05) is 64.1 Å². The van der Waals surface area contributed by atoms with Gasteiger partial charge in [-0.15, -0.1) is 0 Å². The molecule has 4 aromatic carbocycles. The maximum absolute atomic E-state index is 14.2. The Morgan fingerprint density at radius 3 is 1.46 bits per heavy atom. The molecule has 35 heteroatoms. The average Bonchev–Trinajstić information content (AvgIpc) is 1.48. The third kappa shape index (κ3) is 22.3. The van der Waals surface area contributed by atoms with E-state index in [0.29, 0.717) is 22.3 Å². The normalized spacial score (nSPS) is 14.9. The van der Waals surface area contributed by atoms with Gasteiger partial charge in [0.15, 0.2) is 10.7 Å². The molecule has 34 nitrogen and oxygen atoms in total. The lowest BCUT2D eigenvalue weighted by atomic mass is 9.77. The number of amides is 9. The highest BCUT2D eigenvalue weighted by molar-refractivity contribution is 7.80. The zero-order valence-corrected chi connectivity index (χ0v) is 56.7. The number of ether oxygens (including phenoxy) is 2. The number of carbonyl (C=O) groups is 14. The van der Waals surface area contributed by atoms with Crippen LogP contribution in [-0.2, 0) is 79.1 Å². The van der Waals surface area contributed by atoms with Crippen LogP contribution in [0.1, 0.15) is 125 Å². The highest BCUT2D eigenvalue weighted by atomic mass is 32.1. The second kappa shape index (κ2) is 36.0. The first-order chi connectivity index (χ1) is 48.0. The lowest BCUT2D eigenvalue weighted by molar-refractivity contribution is -0.142. The van der Waals surface area contributed by atoms with Gasteiger partial charge in [0.2, 0.25) is 53.2 Å². The number of carboxylic acid groups (broad SMARTS) is 4. The van der Waals surface area contributed by atoms with Gasteiger partial charge in [0.05, 0.1) is 24.6 Å². The number of aromatic hydroxyl groups is 2. The largest absolute Gasteiger partial charge is 0.508 e. The third-order valence-corrected chi connectivity index (χ3v) is 16.2. The highest BCUT2D eigenvalue weighted by Crippen LogP contribution is 2.57. The second-order valence-electron chi connectivity index (χ2n) is 25.1. The van der Waals surface area contributed by atoms with Gasteiger partial charge >= 0.3 is 29.8 Å². The summed E-state index contributed by atoms with van der Waals surface area (Å²) in [6.45, 7) is 6.99. The van der Waals surface area contributed by atoms with Crippen molar-refractivity contribution in [1.29, 1.82) is 0 Å². The molecule has 0 saturated heterocycles. The van der Waals surface area contributed by atoms with Crippen molar-refractivity contribution < 1.29 is 112 Å². The second-order valence-corrected chi connectivity index (χ2v) is 25.5. The Labute approximate surface area is 588 Å². The smallest absolute Gasteiger partial charge is 0.340 e. The molecule has 0 saturated carbocycles. The van der Waals surface area contributed by atoms with E-state index in [2.05, 4.69) is 53.2 Å². The van der Waals surface area contributed by atoms with E-state index in [1.165, 1.54) is 42.5 Å². The summed E-state index contributed by atoms with van der Waals surface area (Å²) >= 11 is 5.60. The van der Waals surface area contributed by atoms with E-state index in [1.807, 2.05) is 0 Å².